The lowest BCUT2D eigenvalue weighted by molar-refractivity contribution is -0.244. The van der Waals surface area contributed by atoms with E-state index in [1.165, 1.54) is 31.2 Å². The normalized spacial score (nSPS) is 26.8. The summed E-state index contributed by atoms with van der Waals surface area (Å²) in [7, 11) is 0. The number of aliphatic hydroxyl groups excluding tert-OH is 3. The van der Waals surface area contributed by atoms with Crippen LogP contribution in [0.5, 0.6) is 11.5 Å². The Hall–Kier alpha value is -3.31. The van der Waals surface area contributed by atoms with E-state index >= 15 is 0 Å². The predicted octanol–water partition coefficient (Wildman–Crippen LogP) is -0.510. The van der Waals surface area contributed by atoms with E-state index in [2.05, 4.69) is 5.32 Å². The Morgan fingerprint density at radius 3 is 2.31 bits per heavy atom. The van der Waals surface area contributed by atoms with Crippen molar-refractivity contribution in [3.63, 3.8) is 0 Å². The predicted molar refractivity (Wildman–Crippen MR) is 107 cm³/mol. The van der Waals surface area contributed by atoms with Crippen molar-refractivity contribution in [2.45, 2.75) is 37.6 Å². The van der Waals surface area contributed by atoms with E-state index in [-0.39, 0.29) is 28.0 Å². The molecule has 4 rings (SSSR count). The van der Waals surface area contributed by atoms with Crippen LogP contribution in [-0.4, -0.2) is 75.2 Å². The Labute approximate surface area is 182 Å². The number of carbonyl (C=O) groups is 3. The van der Waals surface area contributed by atoms with Crippen LogP contribution in [0.4, 0.5) is 0 Å². The summed E-state index contributed by atoms with van der Waals surface area (Å²) in [6.07, 6.45) is -5.72. The zero-order valence-electron chi connectivity index (χ0n) is 16.9. The molecule has 1 fully saturated rings. The van der Waals surface area contributed by atoms with E-state index in [9.17, 15) is 34.8 Å². The molecule has 1 saturated heterocycles. The maximum Gasteiger partial charge on any atom is 0.223 e. The topological polar surface area (TPSA) is 163 Å². The van der Waals surface area contributed by atoms with Crippen LogP contribution in [0.3, 0.4) is 0 Å². The summed E-state index contributed by atoms with van der Waals surface area (Å²) in [5.74, 6) is -2.40. The molecule has 0 spiro atoms. The third-order valence-electron chi connectivity index (χ3n) is 5.52. The molecule has 5 N–H and O–H groups in total. The van der Waals surface area contributed by atoms with Crippen molar-refractivity contribution in [3.05, 3.63) is 58.7 Å². The first-order valence-corrected chi connectivity index (χ1v) is 9.85. The van der Waals surface area contributed by atoms with Crippen molar-refractivity contribution in [2.24, 2.45) is 0 Å². The van der Waals surface area contributed by atoms with E-state index in [0.717, 1.165) is 0 Å². The van der Waals surface area contributed by atoms with Crippen LogP contribution in [0.2, 0.25) is 0 Å². The summed E-state index contributed by atoms with van der Waals surface area (Å²) in [4.78, 5) is 37.3. The van der Waals surface area contributed by atoms with Crippen molar-refractivity contribution in [1.29, 1.82) is 0 Å². The fourth-order valence-corrected chi connectivity index (χ4v) is 3.94. The molecule has 1 aliphatic carbocycles. The highest BCUT2D eigenvalue weighted by atomic mass is 16.7. The zero-order valence-corrected chi connectivity index (χ0v) is 16.9. The average Bonchev–Trinajstić information content (AvgIpc) is 2.78. The van der Waals surface area contributed by atoms with Gasteiger partial charge in [0.25, 0.3) is 0 Å². The molecule has 10 heteroatoms. The van der Waals surface area contributed by atoms with Crippen molar-refractivity contribution >= 4 is 17.5 Å². The van der Waals surface area contributed by atoms with Gasteiger partial charge in [0.05, 0.1) is 12.2 Å². The minimum absolute atomic E-state index is 0.00483. The van der Waals surface area contributed by atoms with Gasteiger partial charge in [-0.05, 0) is 12.1 Å². The molecule has 0 radical (unpaired) electrons. The van der Waals surface area contributed by atoms with Crippen molar-refractivity contribution in [3.8, 4) is 11.5 Å². The molecular formula is C22H21NO9. The van der Waals surface area contributed by atoms with E-state index < -0.39 is 60.5 Å². The molecule has 1 amide bonds. The smallest absolute Gasteiger partial charge is 0.223 e. The number of aromatic hydroxyl groups is 1. The maximum atomic E-state index is 13.0. The number of fused-ring (bicyclic) bond motifs is 2. The molecule has 1 aliphatic heterocycles. The molecule has 2 aromatic carbocycles. The lowest BCUT2D eigenvalue weighted by Crippen LogP contribution is -2.65. The summed E-state index contributed by atoms with van der Waals surface area (Å²) in [6, 6.07) is 7.56. The Morgan fingerprint density at radius 2 is 1.69 bits per heavy atom. The molecule has 32 heavy (non-hydrogen) atoms. The van der Waals surface area contributed by atoms with Gasteiger partial charge in [-0.1, -0.05) is 24.3 Å². The standard InChI is InChI=1S/C22H21NO9/c1-9(25)23-16-21(30)20(29)14(8-24)32-22(16)31-13-7-6-12-15(19(13)28)18(27)11-5-3-2-4-10(11)17(12)26/h2-7,14,16,20-22,24,28-30H,8H2,1H3,(H,23,25). The minimum Gasteiger partial charge on any atom is -0.504 e. The second-order valence-electron chi connectivity index (χ2n) is 7.59. The molecule has 0 bridgehead atoms. The van der Waals surface area contributed by atoms with Crippen LogP contribution in [0, 0.1) is 0 Å². The number of phenolic OH excluding ortho intramolecular Hbond substituents is 1. The number of hydrogen-bond acceptors (Lipinski definition) is 9. The van der Waals surface area contributed by atoms with E-state index in [0.29, 0.717) is 0 Å². The summed E-state index contributed by atoms with van der Waals surface area (Å²) in [5, 5.41) is 43.1. The number of ketones is 2. The summed E-state index contributed by atoms with van der Waals surface area (Å²) < 4.78 is 11.1. The Morgan fingerprint density at radius 1 is 1.03 bits per heavy atom. The highest BCUT2D eigenvalue weighted by Crippen LogP contribution is 2.39. The van der Waals surface area contributed by atoms with Crippen LogP contribution in [-0.2, 0) is 9.53 Å². The Bertz CT molecular complexity index is 1100. The van der Waals surface area contributed by atoms with Crippen LogP contribution in [0.1, 0.15) is 38.8 Å². The van der Waals surface area contributed by atoms with Crippen molar-refractivity contribution < 1.29 is 44.3 Å². The molecule has 5 atom stereocenters. The lowest BCUT2D eigenvalue weighted by Gasteiger charge is -2.42. The van der Waals surface area contributed by atoms with Gasteiger partial charge in [-0.3, -0.25) is 14.4 Å². The molecule has 2 aliphatic rings. The highest BCUT2D eigenvalue weighted by molar-refractivity contribution is 6.29. The number of rotatable bonds is 4. The van der Waals surface area contributed by atoms with Gasteiger partial charge in [0.15, 0.2) is 23.1 Å². The molecule has 0 aromatic heterocycles. The van der Waals surface area contributed by atoms with Crippen LogP contribution in [0.25, 0.3) is 0 Å². The Balaban J connectivity index is 1.71. The lowest BCUT2D eigenvalue weighted by atomic mass is 9.83. The number of hydrogen-bond donors (Lipinski definition) is 5. The van der Waals surface area contributed by atoms with Gasteiger partial charge in [0.1, 0.15) is 24.4 Å². The molecule has 168 valence electrons. The van der Waals surface area contributed by atoms with Gasteiger partial charge in [0, 0.05) is 23.6 Å². The van der Waals surface area contributed by atoms with E-state index in [1.807, 2.05) is 0 Å². The third kappa shape index (κ3) is 3.53. The van der Waals surface area contributed by atoms with Gasteiger partial charge in [-0.2, -0.15) is 0 Å². The van der Waals surface area contributed by atoms with Gasteiger partial charge in [-0.25, -0.2) is 0 Å². The fourth-order valence-electron chi connectivity index (χ4n) is 3.94. The summed E-state index contributed by atoms with van der Waals surface area (Å²) >= 11 is 0. The van der Waals surface area contributed by atoms with Crippen molar-refractivity contribution in [2.75, 3.05) is 6.61 Å². The van der Waals surface area contributed by atoms with Crippen molar-refractivity contribution in [1.82, 2.24) is 5.32 Å². The first kappa shape index (κ1) is 21.9. The Kier molecular flexibility index (Phi) is 5.70. The largest absolute Gasteiger partial charge is 0.504 e. The quantitative estimate of drug-likeness (QED) is 0.357. The molecular weight excluding hydrogens is 422 g/mol. The number of amides is 1. The second-order valence-corrected chi connectivity index (χ2v) is 7.59. The fraction of sp³-hybridized carbons (Fsp3) is 0.318. The molecule has 2 aromatic rings. The number of benzene rings is 2. The second kappa shape index (κ2) is 8.32. The average molecular weight is 443 g/mol. The summed E-state index contributed by atoms with van der Waals surface area (Å²) in [5.41, 5.74) is 0.131. The van der Waals surface area contributed by atoms with Gasteiger partial charge >= 0.3 is 0 Å². The maximum absolute atomic E-state index is 13.0. The first-order valence-electron chi connectivity index (χ1n) is 9.85. The van der Waals surface area contributed by atoms with Crippen LogP contribution in [0.15, 0.2) is 36.4 Å². The van der Waals surface area contributed by atoms with Gasteiger partial charge < -0.3 is 35.2 Å². The number of aliphatic hydroxyl groups is 3. The molecule has 0 saturated carbocycles. The number of phenols is 1. The SMILES string of the molecule is CC(=O)NC1C(Oc2ccc3c(c2O)C(=O)c2ccccc2C3=O)OC(CO)C(O)C1O. The van der Waals surface area contributed by atoms with Crippen LogP contribution < -0.4 is 10.1 Å². The summed E-state index contributed by atoms with van der Waals surface area (Å²) in [6.45, 7) is 0.539. The number of ether oxygens (including phenoxy) is 2. The van der Waals surface area contributed by atoms with E-state index in [4.69, 9.17) is 9.47 Å². The number of carbonyl (C=O) groups excluding carboxylic acids is 3. The highest BCUT2D eigenvalue weighted by Gasteiger charge is 2.46. The first-order chi connectivity index (χ1) is 15.2. The molecule has 5 unspecified atom stereocenters. The van der Waals surface area contributed by atoms with E-state index in [1.54, 1.807) is 12.1 Å². The third-order valence-corrected chi connectivity index (χ3v) is 5.52. The van der Waals surface area contributed by atoms with Gasteiger partial charge in [0.2, 0.25) is 12.2 Å². The monoisotopic (exact) mass is 443 g/mol. The molecule has 10 nitrogen and oxygen atoms in total. The van der Waals surface area contributed by atoms with Crippen LogP contribution >= 0.6 is 0 Å². The number of nitrogens with one attached hydrogen (secondary N) is 1. The zero-order chi connectivity index (χ0) is 23.2. The molecule has 1 heterocycles. The minimum atomic E-state index is -1.55. The van der Waals surface area contributed by atoms with Gasteiger partial charge in [-0.15, -0.1) is 0 Å².